The monoisotopic (exact) mass is 186 g/mol. The van der Waals surface area contributed by atoms with Gasteiger partial charge in [-0.05, 0) is 19.9 Å². The van der Waals surface area contributed by atoms with E-state index in [4.69, 9.17) is 5.73 Å². The van der Waals surface area contributed by atoms with E-state index in [1.165, 1.54) is 13.0 Å². The molecule has 0 saturated carbocycles. The fourth-order valence-corrected chi connectivity index (χ4v) is 1.75. The minimum absolute atomic E-state index is 0.180. The van der Waals surface area contributed by atoms with E-state index in [1.807, 2.05) is 13.0 Å². The minimum atomic E-state index is 0.180. The minimum Gasteiger partial charge on any atom is -0.325 e. The Hall–Kier alpha value is 0.01000. The van der Waals surface area contributed by atoms with E-state index in [1.54, 1.807) is 0 Å². The van der Waals surface area contributed by atoms with Crippen LogP contribution in [0.5, 0.6) is 0 Å². The lowest BCUT2D eigenvalue weighted by atomic mass is 10.3. The predicted molar refractivity (Wildman–Crippen MR) is 56.6 cm³/mol. The van der Waals surface area contributed by atoms with Gasteiger partial charge in [0.2, 0.25) is 0 Å². The maximum atomic E-state index is 5.58. The van der Waals surface area contributed by atoms with Gasteiger partial charge in [-0.25, -0.2) is 0 Å². The lowest BCUT2D eigenvalue weighted by Gasteiger charge is -2.11. The van der Waals surface area contributed by atoms with Crippen LogP contribution in [0.3, 0.4) is 0 Å². The fourth-order valence-electron chi connectivity index (χ4n) is 1.40. The topological polar surface area (TPSA) is 29.3 Å². The van der Waals surface area contributed by atoms with Crippen LogP contribution in [0, 0.1) is 0 Å². The molecule has 1 aliphatic heterocycles. The second-order valence-corrected chi connectivity index (χ2v) is 4.22. The number of thiol groups is 1. The maximum absolute atomic E-state index is 5.58. The summed E-state index contributed by atoms with van der Waals surface area (Å²) in [6.45, 7) is 5.31. The second kappa shape index (κ2) is 4.90. The first kappa shape index (κ1) is 10.1. The SMILES string of the molecule is CC(N)/C=C/CN1CC[C@@H](S)C1. The van der Waals surface area contributed by atoms with E-state index < -0.39 is 0 Å². The summed E-state index contributed by atoms with van der Waals surface area (Å²) in [4.78, 5) is 2.40. The molecule has 12 heavy (non-hydrogen) atoms. The Kier molecular flexibility index (Phi) is 4.12. The number of nitrogens with two attached hydrogens (primary N) is 1. The molecule has 1 unspecified atom stereocenters. The molecule has 3 heteroatoms. The normalized spacial score (nSPS) is 28.4. The van der Waals surface area contributed by atoms with Gasteiger partial charge >= 0.3 is 0 Å². The van der Waals surface area contributed by atoms with Crippen molar-refractivity contribution in [2.45, 2.75) is 24.6 Å². The van der Waals surface area contributed by atoms with Crippen molar-refractivity contribution in [3.8, 4) is 0 Å². The number of rotatable bonds is 3. The Balaban J connectivity index is 2.15. The van der Waals surface area contributed by atoms with Gasteiger partial charge in [0, 0.05) is 24.4 Å². The van der Waals surface area contributed by atoms with Crippen LogP contribution in [0.15, 0.2) is 12.2 Å². The second-order valence-electron chi connectivity index (χ2n) is 3.49. The van der Waals surface area contributed by atoms with Crippen molar-refractivity contribution in [3.63, 3.8) is 0 Å². The number of hydrogen-bond donors (Lipinski definition) is 2. The van der Waals surface area contributed by atoms with Crippen molar-refractivity contribution in [2.24, 2.45) is 5.73 Å². The standard InChI is InChI=1S/C9H18N2S/c1-8(10)3-2-5-11-6-4-9(12)7-11/h2-3,8-9,12H,4-7,10H2,1H3/b3-2+/t8?,9-/m1/s1. The third-order valence-corrected chi connectivity index (χ3v) is 2.47. The summed E-state index contributed by atoms with van der Waals surface area (Å²) >= 11 is 4.42. The van der Waals surface area contributed by atoms with Crippen LogP contribution in [0.25, 0.3) is 0 Å². The average Bonchev–Trinajstić information content (AvgIpc) is 2.35. The zero-order valence-electron chi connectivity index (χ0n) is 7.61. The molecule has 2 nitrogen and oxygen atoms in total. The van der Waals surface area contributed by atoms with Crippen molar-refractivity contribution in [3.05, 3.63) is 12.2 Å². The molecule has 0 aromatic carbocycles. The third-order valence-electron chi connectivity index (χ3n) is 2.05. The highest BCUT2D eigenvalue weighted by molar-refractivity contribution is 7.81. The Morgan fingerprint density at radius 3 is 3.00 bits per heavy atom. The summed E-state index contributed by atoms with van der Waals surface area (Å²) in [5.74, 6) is 0. The smallest absolute Gasteiger partial charge is 0.0195 e. The van der Waals surface area contributed by atoms with Gasteiger partial charge in [0.1, 0.15) is 0 Å². The average molecular weight is 186 g/mol. The largest absolute Gasteiger partial charge is 0.325 e. The summed E-state index contributed by atoms with van der Waals surface area (Å²) in [6.07, 6.45) is 5.41. The molecule has 70 valence electrons. The number of hydrogen-bond acceptors (Lipinski definition) is 3. The molecule has 1 fully saturated rings. The molecule has 1 rings (SSSR count). The molecule has 2 N–H and O–H groups in total. The zero-order chi connectivity index (χ0) is 8.97. The molecule has 1 aliphatic rings. The Morgan fingerprint density at radius 2 is 2.50 bits per heavy atom. The van der Waals surface area contributed by atoms with E-state index >= 15 is 0 Å². The Bertz CT molecular complexity index is 157. The number of nitrogens with zero attached hydrogens (tertiary/aromatic N) is 1. The molecule has 0 aliphatic carbocycles. The first-order valence-corrected chi connectivity index (χ1v) is 5.03. The molecular weight excluding hydrogens is 168 g/mol. The highest BCUT2D eigenvalue weighted by atomic mass is 32.1. The van der Waals surface area contributed by atoms with Crippen LogP contribution in [0.4, 0.5) is 0 Å². The van der Waals surface area contributed by atoms with E-state index in [-0.39, 0.29) is 6.04 Å². The highest BCUT2D eigenvalue weighted by Crippen LogP contribution is 2.13. The van der Waals surface area contributed by atoms with Crippen molar-refractivity contribution < 1.29 is 0 Å². The first-order valence-electron chi connectivity index (χ1n) is 4.51. The van der Waals surface area contributed by atoms with Gasteiger partial charge in [-0.2, -0.15) is 12.6 Å². The zero-order valence-corrected chi connectivity index (χ0v) is 8.50. The van der Waals surface area contributed by atoms with Crippen molar-refractivity contribution in [1.82, 2.24) is 4.90 Å². The Labute approximate surface area is 80.2 Å². The summed E-state index contributed by atoms with van der Waals surface area (Å²) in [7, 11) is 0. The molecule has 0 aromatic rings. The van der Waals surface area contributed by atoms with Gasteiger partial charge in [-0.1, -0.05) is 12.2 Å². The molecule has 0 spiro atoms. The first-order chi connectivity index (χ1) is 5.68. The molecule has 2 atom stereocenters. The van der Waals surface area contributed by atoms with Crippen molar-refractivity contribution >= 4 is 12.6 Å². The van der Waals surface area contributed by atoms with E-state index in [0.717, 1.165) is 13.1 Å². The van der Waals surface area contributed by atoms with E-state index in [2.05, 4.69) is 23.6 Å². The molecule has 0 bridgehead atoms. The quantitative estimate of drug-likeness (QED) is 0.506. The van der Waals surface area contributed by atoms with Crippen LogP contribution >= 0.6 is 12.6 Å². The molecule has 0 amide bonds. The van der Waals surface area contributed by atoms with Crippen LogP contribution in [0.1, 0.15) is 13.3 Å². The van der Waals surface area contributed by atoms with Crippen LogP contribution in [0.2, 0.25) is 0 Å². The van der Waals surface area contributed by atoms with Crippen molar-refractivity contribution in [2.75, 3.05) is 19.6 Å². The van der Waals surface area contributed by atoms with Gasteiger partial charge < -0.3 is 5.73 Å². The van der Waals surface area contributed by atoms with Gasteiger partial charge in [-0.15, -0.1) is 0 Å². The summed E-state index contributed by atoms with van der Waals surface area (Å²) in [5, 5.41) is 0.577. The van der Waals surface area contributed by atoms with Gasteiger partial charge in [0.05, 0.1) is 0 Å². The third kappa shape index (κ3) is 3.61. The summed E-state index contributed by atoms with van der Waals surface area (Å²) in [5.41, 5.74) is 5.58. The molecular formula is C9H18N2S. The van der Waals surface area contributed by atoms with E-state index in [0.29, 0.717) is 5.25 Å². The lowest BCUT2D eigenvalue weighted by molar-refractivity contribution is 0.378. The van der Waals surface area contributed by atoms with Crippen molar-refractivity contribution in [1.29, 1.82) is 0 Å². The van der Waals surface area contributed by atoms with Crippen LogP contribution in [-0.4, -0.2) is 35.8 Å². The van der Waals surface area contributed by atoms with Gasteiger partial charge in [-0.3, -0.25) is 4.90 Å². The number of likely N-dealkylation sites (tertiary alicyclic amines) is 1. The highest BCUT2D eigenvalue weighted by Gasteiger charge is 2.17. The molecule has 0 aromatic heterocycles. The summed E-state index contributed by atoms with van der Waals surface area (Å²) in [6, 6.07) is 0.180. The van der Waals surface area contributed by atoms with E-state index in [9.17, 15) is 0 Å². The van der Waals surface area contributed by atoms with Gasteiger partial charge in [0.15, 0.2) is 0 Å². The Morgan fingerprint density at radius 1 is 1.75 bits per heavy atom. The molecule has 1 heterocycles. The molecule has 1 saturated heterocycles. The predicted octanol–water partition coefficient (Wildman–Crippen LogP) is 0.894. The fraction of sp³-hybridized carbons (Fsp3) is 0.778. The van der Waals surface area contributed by atoms with Crippen LogP contribution in [-0.2, 0) is 0 Å². The maximum Gasteiger partial charge on any atom is 0.0195 e. The summed E-state index contributed by atoms with van der Waals surface area (Å²) < 4.78 is 0. The van der Waals surface area contributed by atoms with Gasteiger partial charge in [0.25, 0.3) is 0 Å². The molecule has 0 radical (unpaired) electrons. The van der Waals surface area contributed by atoms with Crippen LogP contribution < -0.4 is 5.73 Å². The lowest BCUT2D eigenvalue weighted by Crippen LogP contribution is -2.21.